The number of hydrogen-bond donors (Lipinski definition) is 2. The van der Waals surface area contributed by atoms with Gasteiger partial charge in [-0.1, -0.05) is 54.6 Å². The number of rotatable bonds is 10. The molecule has 2 heterocycles. The molecule has 2 aliphatic heterocycles. The third-order valence-corrected chi connectivity index (χ3v) is 7.32. The zero-order valence-corrected chi connectivity index (χ0v) is 22.2. The summed E-state index contributed by atoms with van der Waals surface area (Å²) in [6, 6.07) is 26.6. The number of aliphatic hydroxyl groups is 1. The average Bonchev–Trinajstić information content (AvgIpc) is 3.64. The van der Waals surface area contributed by atoms with Crippen LogP contribution in [0.15, 0.2) is 90.0 Å². The summed E-state index contributed by atoms with van der Waals surface area (Å²) in [4.78, 5) is 30.3. The Morgan fingerprint density at radius 3 is 2.36 bits per heavy atom. The van der Waals surface area contributed by atoms with Gasteiger partial charge in [0.1, 0.15) is 5.71 Å². The Morgan fingerprint density at radius 2 is 1.64 bits per heavy atom. The molecule has 2 amide bonds. The molecule has 0 aliphatic carbocycles. The first-order chi connectivity index (χ1) is 19.0. The number of hydrazone groups is 1. The van der Waals surface area contributed by atoms with Crippen LogP contribution >= 0.6 is 0 Å². The molecule has 0 spiro atoms. The van der Waals surface area contributed by atoms with Crippen LogP contribution < -0.4 is 20.1 Å². The first-order valence-corrected chi connectivity index (χ1v) is 13.5. The summed E-state index contributed by atoms with van der Waals surface area (Å²) in [6.45, 7) is 2.45. The number of nitrogens with one attached hydrogen (secondary N) is 1. The van der Waals surface area contributed by atoms with Crippen molar-refractivity contribution in [3.05, 3.63) is 90.5 Å². The zero-order chi connectivity index (χ0) is 27.2. The number of hydrogen-bond acceptors (Lipinski definition) is 6. The van der Waals surface area contributed by atoms with Gasteiger partial charge in [-0.2, -0.15) is 10.1 Å². The van der Waals surface area contributed by atoms with Crippen LogP contribution in [-0.2, 0) is 16.0 Å². The summed E-state index contributed by atoms with van der Waals surface area (Å²) < 4.78 is 0. The van der Waals surface area contributed by atoms with Gasteiger partial charge in [-0.05, 0) is 55.2 Å². The second-order valence-corrected chi connectivity index (χ2v) is 10.2. The van der Waals surface area contributed by atoms with E-state index in [2.05, 4.69) is 27.5 Å². The minimum Gasteiger partial charge on any atom is -0.389 e. The molecule has 1 saturated heterocycles. The number of likely N-dealkylation sites (N-methyl/N-ethyl adjacent to an activating group) is 1. The molecule has 0 saturated carbocycles. The van der Waals surface area contributed by atoms with E-state index in [1.165, 1.54) is 23.5 Å². The molecule has 0 unspecified atom stereocenters. The van der Waals surface area contributed by atoms with E-state index >= 15 is 0 Å². The third-order valence-electron chi connectivity index (χ3n) is 7.32. The van der Waals surface area contributed by atoms with Crippen molar-refractivity contribution >= 4 is 34.6 Å². The summed E-state index contributed by atoms with van der Waals surface area (Å²) in [5.41, 5.74) is 3.94. The minimum atomic E-state index is -0.863. The minimum absolute atomic E-state index is 0.0852. The Kier molecular flexibility index (Phi) is 8.22. The van der Waals surface area contributed by atoms with Crippen LogP contribution in [0.25, 0.3) is 0 Å². The number of amides is 2. The maximum Gasteiger partial charge on any atom is 0.268 e. The Labute approximate surface area is 229 Å². The molecule has 1 fully saturated rings. The summed E-state index contributed by atoms with van der Waals surface area (Å²) in [5.74, 6) is -0.704. The summed E-state index contributed by atoms with van der Waals surface area (Å²) >= 11 is 0. The van der Waals surface area contributed by atoms with Gasteiger partial charge in [-0.15, -0.1) is 0 Å². The number of para-hydroxylation sites is 1. The molecule has 0 aromatic heterocycles. The van der Waals surface area contributed by atoms with Gasteiger partial charge < -0.3 is 20.2 Å². The number of carbonyl (C=O) groups is 2. The second kappa shape index (κ2) is 12.1. The predicted octanol–water partition coefficient (Wildman–Crippen LogP) is 3.60. The van der Waals surface area contributed by atoms with Crippen LogP contribution in [0.3, 0.4) is 0 Å². The number of nitrogens with zero attached hydrogens (tertiary/aromatic N) is 4. The zero-order valence-electron chi connectivity index (χ0n) is 22.2. The molecule has 8 heteroatoms. The van der Waals surface area contributed by atoms with Crippen molar-refractivity contribution in [2.75, 3.05) is 41.5 Å². The number of carbonyl (C=O) groups excluding carboxylic acids is 2. The molecule has 5 rings (SSSR count). The first-order valence-electron chi connectivity index (χ1n) is 13.5. The van der Waals surface area contributed by atoms with E-state index < -0.39 is 18.1 Å². The highest BCUT2D eigenvalue weighted by molar-refractivity contribution is 6.44. The fourth-order valence-corrected chi connectivity index (χ4v) is 5.15. The molecule has 202 valence electrons. The van der Waals surface area contributed by atoms with E-state index in [1.54, 1.807) is 12.1 Å². The predicted molar refractivity (Wildman–Crippen MR) is 155 cm³/mol. The Hall–Kier alpha value is -4.17. The van der Waals surface area contributed by atoms with Crippen LogP contribution in [0.5, 0.6) is 0 Å². The van der Waals surface area contributed by atoms with E-state index in [4.69, 9.17) is 0 Å². The molecule has 39 heavy (non-hydrogen) atoms. The largest absolute Gasteiger partial charge is 0.389 e. The lowest BCUT2D eigenvalue weighted by molar-refractivity contribution is -0.118. The van der Waals surface area contributed by atoms with E-state index in [0.29, 0.717) is 18.7 Å². The fourth-order valence-electron chi connectivity index (χ4n) is 5.15. The molecule has 0 radical (unpaired) electrons. The van der Waals surface area contributed by atoms with Crippen LogP contribution in [0.1, 0.15) is 24.8 Å². The van der Waals surface area contributed by atoms with Crippen molar-refractivity contribution in [3.63, 3.8) is 0 Å². The summed E-state index contributed by atoms with van der Waals surface area (Å²) in [7, 11) is 1.95. The van der Waals surface area contributed by atoms with Gasteiger partial charge in [-0.3, -0.25) is 9.59 Å². The monoisotopic (exact) mass is 525 g/mol. The van der Waals surface area contributed by atoms with E-state index in [0.717, 1.165) is 24.3 Å². The van der Waals surface area contributed by atoms with Gasteiger partial charge in [0.15, 0.2) is 0 Å². The molecule has 3 aromatic carbocycles. The molecule has 3 aromatic rings. The van der Waals surface area contributed by atoms with Crippen molar-refractivity contribution < 1.29 is 14.7 Å². The molecule has 2 N–H and O–H groups in total. The Balaban J connectivity index is 1.30. The first kappa shape index (κ1) is 26.4. The van der Waals surface area contributed by atoms with Gasteiger partial charge >= 0.3 is 0 Å². The second-order valence-electron chi connectivity index (χ2n) is 10.2. The summed E-state index contributed by atoms with van der Waals surface area (Å²) in [6.07, 6.45) is 1.91. The van der Waals surface area contributed by atoms with Gasteiger partial charge in [0.05, 0.1) is 24.3 Å². The highest BCUT2D eigenvalue weighted by Crippen LogP contribution is 2.25. The SMILES string of the molecule is CN(C[C@@H](O)[C@H](Cc1ccccc1)NC(=O)C1=NN(c2ccccc2)C(=O)C1)c1cccc(N2CCCC2)c1. The number of benzene rings is 3. The normalized spacial score (nSPS) is 16.7. The van der Waals surface area contributed by atoms with Crippen molar-refractivity contribution in [3.8, 4) is 0 Å². The highest BCUT2D eigenvalue weighted by Gasteiger charge is 2.32. The Bertz CT molecular complexity index is 1310. The fraction of sp³-hybridized carbons (Fsp3) is 0.323. The van der Waals surface area contributed by atoms with E-state index in [-0.39, 0.29) is 18.0 Å². The van der Waals surface area contributed by atoms with Gasteiger partial charge in [0, 0.05) is 38.1 Å². The van der Waals surface area contributed by atoms with Crippen LogP contribution in [0, 0.1) is 0 Å². The lowest BCUT2D eigenvalue weighted by Crippen LogP contribution is -2.50. The van der Waals surface area contributed by atoms with Gasteiger partial charge in [0.2, 0.25) is 0 Å². The highest BCUT2D eigenvalue weighted by atomic mass is 16.3. The molecule has 2 atom stereocenters. The number of anilines is 3. The maximum atomic E-state index is 13.3. The third kappa shape index (κ3) is 6.46. The standard InChI is InChI=1S/C31H35N5O3/c1-34(25-15-10-16-26(20-25)35-17-8-9-18-35)22-29(37)27(19-23-11-4-2-5-12-23)32-31(39)28-21-30(38)36(33-28)24-13-6-3-7-14-24/h2-7,10-16,20,27,29,37H,8-9,17-19,21-22H2,1H3,(H,32,39)/t27-,29+/m0/s1. The van der Waals surface area contributed by atoms with E-state index in [9.17, 15) is 14.7 Å². The van der Waals surface area contributed by atoms with Crippen LogP contribution in [-0.4, -0.2) is 61.5 Å². The lowest BCUT2D eigenvalue weighted by atomic mass is 10.00. The quantitative estimate of drug-likeness (QED) is 0.422. The van der Waals surface area contributed by atoms with Crippen molar-refractivity contribution in [2.45, 2.75) is 37.8 Å². The van der Waals surface area contributed by atoms with Gasteiger partial charge in [-0.25, -0.2) is 0 Å². The summed E-state index contributed by atoms with van der Waals surface area (Å²) in [5, 5.41) is 19.9. The topological polar surface area (TPSA) is 88.5 Å². The van der Waals surface area contributed by atoms with Crippen LogP contribution in [0.4, 0.5) is 17.1 Å². The molecular formula is C31H35N5O3. The smallest absolute Gasteiger partial charge is 0.268 e. The average molecular weight is 526 g/mol. The molecule has 2 aliphatic rings. The van der Waals surface area contributed by atoms with E-state index in [1.807, 2.05) is 72.6 Å². The van der Waals surface area contributed by atoms with Crippen molar-refractivity contribution in [1.29, 1.82) is 0 Å². The number of aliphatic hydroxyl groups excluding tert-OH is 1. The molecule has 8 nitrogen and oxygen atoms in total. The lowest BCUT2D eigenvalue weighted by Gasteiger charge is -2.30. The Morgan fingerprint density at radius 1 is 0.974 bits per heavy atom. The van der Waals surface area contributed by atoms with Crippen molar-refractivity contribution in [2.24, 2.45) is 5.10 Å². The molecule has 0 bridgehead atoms. The molecular weight excluding hydrogens is 490 g/mol. The van der Waals surface area contributed by atoms with Crippen molar-refractivity contribution in [1.82, 2.24) is 5.32 Å². The van der Waals surface area contributed by atoms with Gasteiger partial charge in [0.25, 0.3) is 11.8 Å². The van der Waals surface area contributed by atoms with Crippen LogP contribution in [0.2, 0.25) is 0 Å². The maximum absolute atomic E-state index is 13.3.